The van der Waals surface area contributed by atoms with Crippen LogP contribution in [-0.2, 0) is 0 Å². The molecule has 0 unspecified atom stereocenters. The molecule has 24 heavy (non-hydrogen) atoms. The van der Waals surface area contributed by atoms with E-state index in [4.69, 9.17) is 11.6 Å². The van der Waals surface area contributed by atoms with E-state index in [1.54, 1.807) is 18.0 Å². The van der Waals surface area contributed by atoms with Crippen LogP contribution in [-0.4, -0.2) is 27.7 Å². The highest BCUT2D eigenvalue weighted by Crippen LogP contribution is 2.53. The molecule has 1 N–H and O–H groups in total. The summed E-state index contributed by atoms with van der Waals surface area (Å²) in [6, 6.07) is 0.338. The second-order valence-corrected chi connectivity index (χ2v) is 9.06. The van der Waals surface area contributed by atoms with Gasteiger partial charge in [-0.05, 0) is 79.6 Å². The van der Waals surface area contributed by atoms with Gasteiger partial charge >= 0.3 is 0 Å². The highest BCUT2D eigenvalue weighted by atomic mass is 35.5. The van der Waals surface area contributed by atoms with Gasteiger partial charge < -0.3 is 5.32 Å². The number of carbonyl (C=O) groups excluding carboxylic acids is 1. The Hall–Kier alpha value is -0.810. The molecule has 4 saturated carbocycles. The molecule has 130 valence electrons. The van der Waals surface area contributed by atoms with E-state index in [9.17, 15) is 4.79 Å². The van der Waals surface area contributed by atoms with E-state index in [2.05, 4.69) is 22.2 Å². The van der Waals surface area contributed by atoms with Crippen molar-refractivity contribution in [3.05, 3.63) is 17.0 Å². The lowest BCUT2D eigenvalue weighted by atomic mass is 9.54. The summed E-state index contributed by atoms with van der Waals surface area (Å²) in [6.07, 6.45) is 9.23. The summed E-state index contributed by atoms with van der Waals surface area (Å²) in [5, 5.41) is 4.25. The maximum atomic E-state index is 12.9. The second kappa shape index (κ2) is 6.83. The smallest absolute Gasteiger partial charge is 0.255 e. The van der Waals surface area contributed by atoms with Gasteiger partial charge in [-0.2, -0.15) is 0 Å². The molecule has 1 aromatic heterocycles. The Morgan fingerprint density at radius 2 is 1.92 bits per heavy atom. The quantitative estimate of drug-likeness (QED) is 0.483. The van der Waals surface area contributed by atoms with Crippen molar-refractivity contribution in [1.82, 2.24) is 15.3 Å². The van der Waals surface area contributed by atoms with Crippen LogP contribution < -0.4 is 5.32 Å². The number of thioether (sulfide) groups is 1. The first-order valence-corrected chi connectivity index (χ1v) is 10.5. The van der Waals surface area contributed by atoms with E-state index in [1.807, 2.05) is 0 Å². The highest BCUT2D eigenvalue weighted by molar-refractivity contribution is 7.99. The van der Waals surface area contributed by atoms with E-state index in [0.29, 0.717) is 28.5 Å². The van der Waals surface area contributed by atoms with Gasteiger partial charge in [-0.25, -0.2) is 9.97 Å². The molecule has 0 aromatic carbocycles. The number of carbonyl (C=O) groups is 1. The van der Waals surface area contributed by atoms with Crippen molar-refractivity contribution >= 4 is 29.3 Å². The lowest BCUT2D eigenvalue weighted by Crippen LogP contribution is -2.55. The molecule has 0 saturated heterocycles. The summed E-state index contributed by atoms with van der Waals surface area (Å²) in [7, 11) is 0. The third-order valence-electron chi connectivity index (χ3n) is 5.94. The fourth-order valence-electron chi connectivity index (χ4n) is 5.20. The molecule has 0 radical (unpaired) electrons. The second-order valence-electron chi connectivity index (χ2n) is 7.64. The number of aromatic nitrogens is 2. The molecular weight excluding hydrogens is 342 g/mol. The molecule has 1 aromatic rings. The molecule has 4 aliphatic carbocycles. The summed E-state index contributed by atoms with van der Waals surface area (Å²) >= 11 is 7.51. The van der Waals surface area contributed by atoms with Crippen LogP contribution in [0.2, 0.25) is 5.28 Å². The highest BCUT2D eigenvalue weighted by Gasteiger charge is 2.48. The third kappa shape index (κ3) is 3.17. The fraction of sp³-hybridized carbons (Fsp3) is 0.722. The maximum absolute atomic E-state index is 12.9. The molecule has 4 bridgehead atoms. The molecular formula is C18H24ClN3OS. The topological polar surface area (TPSA) is 54.9 Å². The zero-order valence-corrected chi connectivity index (χ0v) is 15.6. The Labute approximate surface area is 152 Å². The summed E-state index contributed by atoms with van der Waals surface area (Å²) in [6.45, 7) is 2.12. The molecule has 6 heteroatoms. The Morgan fingerprint density at radius 1 is 1.25 bits per heavy atom. The van der Waals surface area contributed by atoms with Crippen molar-refractivity contribution in [3.63, 3.8) is 0 Å². The van der Waals surface area contributed by atoms with E-state index in [1.165, 1.54) is 32.1 Å². The van der Waals surface area contributed by atoms with E-state index < -0.39 is 0 Å². The Kier molecular flexibility index (Phi) is 4.74. The zero-order valence-electron chi connectivity index (χ0n) is 14.0. The van der Waals surface area contributed by atoms with Crippen LogP contribution in [0.5, 0.6) is 0 Å². The van der Waals surface area contributed by atoms with Crippen LogP contribution in [0.25, 0.3) is 0 Å². The molecule has 5 rings (SSSR count). The summed E-state index contributed by atoms with van der Waals surface area (Å²) in [4.78, 5) is 21.2. The van der Waals surface area contributed by atoms with Gasteiger partial charge in [-0.3, -0.25) is 4.79 Å². The van der Waals surface area contributed by atoms with Gasteiger partial charge in [0.2, 0.25) is 5.28 Å². The maximum Gasteiger partial charge on any atom is 0.255 e. The van der Waals surface area contributed by atoms with Crippen LogP contribution in [0.4, 0.5) is 0 Å². The summed E-state index contributed by atoms with van der Waals surface area (Å²) < 4.78 is 0. The van der Waals surface area contributed by atoms with Gasteiger partial charge in [-0.1, -0.05) is 6.92 Å². The minimum Gasteiger partial charge on any atom is -0.349 e. The third-order valence-corrected chi connectivity index (χ3v) is 7.32. The molecule has 0 atom stereocenters. The van der Waals surface area contributed by atoms with E-state index >= 15 is 0 Å². The molecule has 0 spiro atoms. The van der Waals surface area contributed by atoms with E-state index in [-0.39, 0.29) is 11.2 Å². The van der Waals surface area contributed by atoms with Gasteiger partial charge in [0.1, 0.15) is 5.03 Å². The van der Waals surface area contributed by atoms with Crippen molar-refractivity contribution < 1.29 is 4.79 Å². The molecule has 4 aliphatic rings. The van der Waals surface area contributed by atoms with Crippen LogP contribution in [0.3, 0.4) is 0 Å². The standard InChI is InChI=1S/C18H24ClN3OS/c1-2-3-24-17-14(9-20-18(19)22-17)16(23)21-15-12-5-10-4-11(7-12)8-13(15)6-10/h9-13,15H,2-8H2,1H3,(H,21,23). The monoisotopic (exact) mass is 365 g/mol. The van der Waals surface area contributed by atoms with Gasteiger partial charge in [-0.15, -0.1) is 11.8 Å². The molecule has 1 heterocycles. The lowest BCUT2D eigenvalue weighted by molar-refractivity contribution is -0.0120. The minimum absolute atomic E-state index is 0.0252. The molecule has 1 amide bonds. The first-order chi connectivity index (χ1) is 11.6. The fourth-order valence-corrected chi connectivity index (χ4v) is 6.23. The SMILES string of the molecule is CCCSc1nc(Cl)ncc1C(=O)NC1C2CC3CC(C2)CC1C3. The Morgan fingerprint density at radius 3 is 2.54 bits per heavy atom. The molecule has 4 nitrogen and oxygen atoms in total. The normalized spacial score (nSPS) is 33.7. The van der Waals surface area contributed by atoms with Crippen molar-refractivity contribution in [1.29, 1.82) is 0 Å². The Bertz CT molecular complexity index is 611. The zero-order chi connectivity index (χ0) is 16.7. The van der Waals surface area contributed by atoms with Crippen LogP contribution >= 0.6 is 23.4 Å². The van der Waals surface area contributed by atoms with Gasteiger partial charge in [0.05, 0.1) is 5.56 Å². The van der Waals surface area contributed by atoms with Gasteiger partial charge in [0.25, 0.3) is 5.91 Å². The largest absolute Gasteiger partial charge is 0.349 e. The molecule has 4 fully saturated rings. The summed E-state index contributed by atoms with van der Waals surface area (Å²) in [5.41, 5.74) is 0.576. The lowest BCUT2D eigenvalue weighted by Gasteiger charge is -2.54. The van der Waals surface area contributed by atoms with Crippen molar-refractivity contribution in [3.8, 4) is 0 Å². The molecule has 0 aliphatic heterocycles. The van der Waals surface area contributed by atoms with Crippen molar-refractivity contribution in [2.75, 3.05) is 5.75 Å². The van der Waals surface area contributed by atoms with Crippen molar-refractivity contribution in [2.24, 2.45) is 23.7 Å². The van der Waals surface area contributed by atoms with Gasteiger partial charge in [0, 0.05) is 12.2 Å². The average Bonchev–Trinajstić information content (AvgIpc) is 2.55. The van der Waals surface area contributed by atoms with Crippen LogP contribution in [0, 0.1) is 23.7 Å². The predicted molar refractivity (Wildman–Crippen MR) is 96.4 cm³/mol. The number of hydrogen-bond acceptors (Lipinski definition) is 4. The van der Waals surface area contributed by atoms with Crippen molar-refractivity contribution in [2.45, 2.75) is 56.5 Å². The number of amides is 1. The number of nitrogens with one attached hydrogen (secondary N) is 1. The predicted octanol–water partition coefficient (Wildman–Crippen LogP) is 4.19. The van der Waals surface area contributed by atoms with E-state index in [0.717, 1.165) is 24.0 Å². The summed E-state index contributed by atoms with van der Waals surface area (Å²) in [5.74, 6) is 4.06. The Balaban J connectivity index is 1.50. The van der Waals surface area contributed by atoms with Crippen LogP contribution in [0.15, 0.2) is 11.2 Å². The average molecular weight is 366 g/mol. The number of rotatable bonds is 5. The number of nitrogens with zero attached hydrogens (tertiary/aromatic N) is 2. The number of halogens is 1. The first kappa shape index (κ1) is 16.6. The van der Waals surface area contributed by atoms with Crippen LogP contribution in [0.1, 0.15) is 55.8 Å². The first-order valence-electron chi connectivity index (χ1n) is 9.10. The van der Waals surface area contributed by atoms with Gasteiger partial charge in [0.15, 0.2) is 0 Å². The number of hydrogen-bond donors (Lipinski definition) is 1. The minimum atomic E-state index is -0.0252.